The van der Waals surface area contributed by atoms with Crippen molar-refractivity contribution in [2.75, 3.05) is 25.6 Å². The number of carbonyl (C=O) groups is 1. The number of anilines is 1. The van der Waals surface area contributed by atoms with Crippen LogP contribution >= 0.6 is 0 Å². The van der Waals surface area contributed by atoms with Gasteiger partial charge in [-0.3, -0.25) is 9.48 Å². The fourth-order valence-corrected chi connectivity index (χ4v) is 3.10. The van der Waals surface area contributed by atoms with E-state index in [0.717, 1.165) is 11.6 Å². The van der Waals surface area contributed by atoms with Crippen molar-refractivity contribution in [3.8, 4) is 5.75 Å². The molecule has 0 radical (unpaired) electrons. The SMILES string of the molecule is COCCCOc1cc(CCc2cccc(F)c2F)cc(C(=O)Nc2ccn(C)n2)c1. The summed E-state index contributed by atoms with van der Waals surface area (Å²) in [5.74, 6) is -1.09. The topological polar surface area (TPSA) is 65.4 Å². The first-order valence-corrected chi connectivity index (χ1v) is 9.96. The minimum absolute atomic E-state index is 0.283. The molecule has 0 aliphatic carbocycles. The van der Waals surface area contributed by atoms with E-state index in [0.29, 0.717) is 43.2 Å². The fraction of sp³-hybridized carbons (Fsp3) is 0.304. The highest BCUT2D eigenvalue weighted by atomic mass is 19.2. The molecule has 0 aliphatic rings. The van der Waals surface area contributed by atoms with Crippen LogP contribution in [0.2, 0.25) is 0 Å². The van der Waals surface area contributed by atoms with Gasteiger partial charge in [0.1, 0.15) is 5.75 Å². The summed E-state index contributed by atoms with van der Waals surface area (Å²) >= 11 is 0. The number of methoxy groups -OCH3 is 1. The van der Waals surface area contributed by atoms with E-state index < -0.39 is 11.6 Å². The van der Waals surface area contributed by atoms with Crippen LogP contribution in [0.15, 0.2) is 48.7 Å². The largest absolute Gasteiger partial charge is 0.493 e. The van der Waals surface area contributed by atoms with Crippen LogP contribution in [0.4, 0.5) is 14.6 Å². The Kier molecular flexibility index (Phi) is 7.72. The molecule has 0 fully saturated rings. The third-order valence-electron chi connectivity index (χ3n) is 4.66. The number of nitrogens with zero attached hydrogens (tertiary/aromatic N) is 2. The van der Waals surface area contributed by atoms with Gasteiger partial charge in [-0.25, -0.2) is 8.78 Å². The molecule has 0 spiro atoms. The predicted octanol–water partition coefficient (Wildman–Crippen LogP) is 4.15. The van der Waals surface area contributed by atoms with Gasteiger partial charge >= 0.3 is 0 Å². The molecule has 8 heteroatoms. The van der Waals surface area contributed by atoms with Crippen molar-refractivity contribution in [2.45, 2.75) is 19.3 Å². The minimum Gasteiger partial charge on any atom is -0.493 e. The highest BCUT2D eigenvalue weighted by molar-refractivity contribution is 6.04. The van der Waals surface area contributed by atoms with E-state index in [1.165, 1.54) is 6.07 Å². The molecule has 0 atom stereocenters. The van der Waals surface area contributed by atoms with E-state index in [4.69, 9.17) is 9.47 Å². The van der Waals surface area contributed by atoms with E-state index in [1.54, 1.807) is 49.3 Å². The summed E-state index contributed by atoms with van der Waals surface area (Å²) < 4.78 is 39.9. The molecule has 6 nitrogen and oxygen atoms in total. The van der Waals surface area contributed by atoms with Gasteiger partial charge in [0.05, 0.1) is 6.61 Å². The normalized spacial score (nSPS) is 10.8. The van der Waals surface area contributed by atoms with Crippen LogP contribution in [0.1, 0.15) is 27.9 Å². The van der Waals surface area contributed by atoms with Gasteiger partial charge in [0, 0.05) is 45.0 Å². The lowest BCUT2D eigenvalue weighted by Crippen LogP contribution is -2.13. The van der Waals surface area contributed by atoms with Gasteiger partial charge in [0.2, 0.25) is 0 Å². The zero-order valence-corrected chi connectivity index (χ0v) is 17.5. The Morgan fingerprint density at radius 3 is 2.71 bits per heavy atom. The van der Waals surface area contributed by atoms with Crippen LogP contribution in [-0.4, -0.2) is 36.0 Å². The van der Waals surface area contributed by atoms with Gasteiger partial charge in [-0.1, -0.05) is 12.1 Å². The number of aromatic nitrogens is 2. The third-order valence-corrected chi connectivity index (χ3v) is 4.66. The van der Waals surface area contributed by atoms with E-state index in [-0.39, 0.29) is 17.9 Å². The third kappa shape index (κ3) is 6.36. The Morgan fingerprint density at radius 2 is 1.97 bits per heavy atom. The van der Waals surface area contributed by atoms with Gasteiger partial charge in [-0.05, 0) is 48.2 Å². The molecule has 0 saturated heterocycles. The Labute approximate surface area is 179 Å². The van der Waals surface area contributed by atoms with Crippen molar-refractivity contribution in [1.29, 1.82) is 0 Å². The number of ether oxygens (including phenoxy) is 2. The number of halogens is 2. The zero-order valence-electron chi connectivity index (χ0n) is 17.5. The van der Waals surface area contributed by atoms with Crippen molar-refractivity contribution in [3.05, 3.63) is 77.0 Å². The molecule has 31 heavy (non-hydrogen) atoms. The summed E-state index contributed by atoms with van der Waals surface area (Å²) in [5, 5.41) is 6.89. The number of hydrogen-bond donors (Lipinski definition) is 1. The van der Waals surface area contributed by atoms with E-state index in [9.17, 15) is 13.6 Å². The molecule has 1 amide bonds. The molecule has 0 aliphatic heterocycles. The number of benzene rings is 2. The van der Waals surface area contributed by atoms with E-state index in [2.05, 4.69) is 10.4 Å². The van der Waals surface area contributed by atoms with Crippen molar-refractivity contribution in [2.24, 2.45) is 7.05 Å². The van der Waals surface area contributed by atoms with Crippen molar-refractivity contribution in [3.63, 3.8) is 0 Å². The van der Waals surface area contributed by atoms with Gasteiger partial charge < -0.3 is 14.8 Å². The first kappa shape index (κ1) is 22.4. The first-order chi connectivity index (χ1) is 15.0. The zero-order chi connectivity index (χ0) is 22.2. The average Bonchev–Trinajstić information content (AvgIpc) is 3.16. The lowest BCUT2D eigenvalue weighted by Gasteiger charge is -2.12. The monoisotopic (exact) mass is 429 g/mol. The number of carbonyl (C=O) groups excluding carboxylic acids is 1. The van der Waals surface area contributed by atoms with E-state index in [1.807, 2.05) is 6.07 Å². The molecule has 3 rings (SSSR count). The molecular formula is C23H25F2N3O3. The molecule has 1 heterocycles. The summed E-state index contributed by atoms with van der Waals surface area (Å²) in [5.41, 5.74) is 1.45. The summed E-state index contributed by atoms with van der Waals surface area (Å²) in [7, 11) is 3.38. The van der Waals surface area contributed by atoms with Gasteiger partial charge in [-0.2, -0.15) is 5.10 Å². The Balaban J connectivity index is 1.78. The molecule has 0 unspecified atom stereocenters. The minimum atomic E-state index is -0.872. The second-order valence-electron chi connectivity index (χ2n) is 7.10. The summed E-state index contributed by atoms with van der Waals surface area (Å²) in [4.78, 5) is 12.7. The molecule has 3 aromatic rings. The number of hydrogen-bond acceptors (Lipinski definition) is 4. The Morgan fingerprint density at radius 1 is 1.13 bits per heavy atom. The maximum atomic E-state index is 14.0. The highest BCUT2D eigenvalue weighted by Crippen LogP contribution is 2.21. The van der Waals surface area contributed by atoms with Crippen LogP contribution in [-0.2, 0) is 24.6 Å². The average molecular weight is 429 g/mol. The quantitative estimate of drug-likeness (QED) is 0.492. The number of nitrogens with one attached hydrogen (secondary N) is 1. The van der Waals surface area contributed by atoms with E-state index >= 15 is 0 Å². The second-order valence-corrected chi connectivity index (χ2v) is 7.10. The van der Waals surface area contributed by atoms with Crippen LogP contribution in [0.25, 0.3) is 0 Å². The standard InChI is InChI=1S/C23H25F2N3O3/c1-28-10-9-21(27-28)26-23(29)18-13-16(14-19(15-18)31-12-4-11-30-2)7-8-17-5-3-6-20(24)22(17)25/h3,5-6,9-10,13-15H,4,7-8,11-12H2,1-2H3,(H,26,27,29). The molecule has 1 N–H and O–H groups in total. The molecule has 1 aromatic heterocycles. The fourth-order valence-electron chi connectivity index (χ4n) is 3.10. The maximum Gasteiger partial charge on any atom is 0.257 e. The van der Waals surface area contributed by atoms with Gasteiger partial charge in [0.15, 0.2) is 17.5 Å². The highest BCUT2D eigenvalue weighted by Gasteiger charge is 2.13. The Hall–Kier alpha value is -3.26. The lowest BCUT2D eigenvalue weighted by atomic mass is 10.0. The first-order valence-electron chi connectivity index (χ1n) is 9.96. The molecule has 164 valence electrons. The van der Waals surface area contributed by atoms with Gasteiger partial charge in [-0.15, -0.1) is 0 Å². The van der Waals surface area contributed by atoms with Gasteiger partial charge in [0.25, 0.3) is 5.91 Å². The Bertz CT molecular complexity index is 1040. The number of rotatable bonds is 10. The predicted molar refractivity (Wildman–Crippen MR) is 113 cm³/mol. The van der Waals surface area contributed by atoms with Crippen molar-refractivity contribution >= 4 is 11.7 Å². The van der Waals surface area contributed by atoms with Crippen LogP contribution < -0.4 is 10.1 Å². The molecular weight excluding hydrogens is 404 g/mol. The smallest absolute Gasteiger partial charge is 0.257 e. The van der Waals surface area contributed by atoms with Crippen molar-refractivity contribution in [1.82, 2.24) is 9.78 Å². The summed E-state index contributed by atoms with van der Waals surface area (Å²) in [6.07, 6.45) is 3.13. The maximum absolute atomic E-state index is 14.0. The van der Waals surface area contributed by atoms with Crippen LogP contribution in [0, 0.1) is 11.6 Å². The molecule has 0 saturated carbocycles. The van der Waals surface area contributed by atoms with Crippen LogP contribution in [0.5, 0.6) is 5.75 Å². The number of aryl methyl sites for hydroxylation is 3. The lowest BCUT2D eigenvalue weighted by molar-refractivity contribution is 0.102. The second kappa shape index (κ2) is 10.7. The number of amides is 1. The summed E-state index contributed by atoms with van der Waals surface area (Å²) in [6.45, 7) is 0.989. The van der Waals surface area contributed by atoms with Crippen molar-refractivity contribution < 1.29 is 23.0 Å². The summed E-state index contributed by atoms with van der Waals surface area (Å²) in [6, 6.07) is 11.0. The molecule has 2 aromatic carbocycles. The van der Waals surface area contributed by atoms with Crippen LogP contribution in [0.3, 0.4) is 0 Å². The molecule has 0 bridgehead atoms.